The number of carbonyl (C=O) groups excluding carboxylic acids is 1. The van der Waals surface area contributed by atoms with E-state index in [4.69, 9.17) is 16.3 Å². The number of rotatable bonds is 4. The van der Waals surface area contributed by atoms with Gasteiger partial charge in [0.2, 0.25) is 0 Å². The van der Waals surface area contributed by atoms with Gasteiger partial charge in [0.05, 0.1) is 0 Å². The third-order valence-corrected chi connectivity index (χ3v) is 3.77. The molecule has 98 valence electrons. The quantitative estimate of drug-likeness (QED) is 0.853. The van der Waals surface area contributed by atoms with E-state index in [-0.39, 0.29) is 5.97 Å². The summed E-state index contributed by atoms with van der Waals surface area (Å²) >= 11 is 5.80. The number of benzene rings is 1. The van der Waals surface area contributed by atoms with Crippen molar-refractivity contribution >= 4 is 17.6 Å². The number of hydrogen-bond acceptors (Lipinski definition) is 3. The Morgan fingerprint density at radius 2 is 2.17 bits per heavy atom. The van der Waals surface area contributed by atoms with Crippen molar-refractivity contribution in [2.75, 3.05) is 6.54 Å². The van der Waals surface area contributed by atoms with Crippen molar-refractivity contribution in [2.45, 2.75) is 38.3 Å². The highest BCUT2D eigenvalue weighted by atomic mass is 35.5. The zero-order chi connectivity index (χ0) is 13.0. The van der Waals surface area contributed by atoms with Crippen LogP contribution in [0.2, 0.25) is 5.02 Å². The lowest BCUT2D eigenvalue weighted by Crippen LogP contribution is -2.48. The van der Waals surface area contributed by atoms with Gasteiger partial charge in [-0.2, -0.15) is 0 Å². The molecule has 18 heavy (non-hydrogen) atoms. The summed E-state index contributed by atoms with van der Waals surface area (Å²) in [4.78, 5) is 12.1. The third kappa shape index (κ3) is 2.85. The molecule has 1 unspecified atom stereocenters. The number of carbonyl (C=O) groups is 1. The van der Waals surface area contributed by atoms with E-state index in [1.165, 1.54) is 0 Å². The van der Waals surface area contributed by atoms with Crippen molar-refractivity contribution < 1.29 is 9.53 Å². The summed E-state index contributed by atoms with van der Waals surface area (Å²) in [6.07, 6.45) is 2.67. The predicted molar refractivity (Wildman–Crippen MR) is 71.5 cm³/mol. The Morgan fingerprint density at radius 3 is 2.72 bits per heavy atom. The van der Waals surface area contributed by atoms with Crippen molar-refractivity contribution in [3.05, 3.63) is 34.9 Å². The zero-order valence-electron chi connectivity index (χ0n) is 10.5. The molecule has 0 aliphatic carbocycles. The van der Waals surface area contributed by atoms with Gasteiger partial charge in [-0.3, -0.25) is 4.79 Å². The van der Waals surface area contributed by atoms with E-state index < -0.39 is 5.54 Å². The van der Waals surface area contributed by atoms with Gasteiger partial charge in [-0.15, -0.1) is 0 Å². The maximum absolute atomic E-state index is 12.1. The molecule has 1 aliphatic heterocycles. The smallest absolute Gasteiger partial charge is 0.326 e. The van der Waals surface area contributed by atoms with Crippen LogP contribution >= 0.6 is 11.6 Å². The molecule has 1 saturated heterocycles. The Morgan fingerprint density at radius 1 is 1.44 bits per heavy atom. The predicted octanol–water partition coefficient (Wildman–Crippen LogP) is 2.92. The van der Waals surface area contributed by atoms with E-state index in [1.54, 1.807) is 12.1 Å². The maximum Gasteiger partial charge on any atom is 0.326 e. The first-order valence-electron chi connectivity index (χ1n) is 6.33. The Labute approximate surface area is 112 Å². The first-order valence-corrected chi connectivity index (χ1v) is 6.71. The molecule has 1 aromatic rings. The van der Waals surface area contributed by atoms with Crippen molar-refractivity contribution in [2.24, 2.45) is 0 Å². The Hall–Kier alpha value is -1.06. The summed E-state index contributed by atoms with van der Waals surface area (Å²) in [5, 5.41) is 3.96. The number of hydrogen-bond donors (Lipinski definition) is 1. The third-order valence-electron chi connectivity index (χ3n) is 3.52. The van der Waals surface area contributed by atoms with E-state index in [9.17, 15) is 4.79 Å². The molecule has 0 amide bonds. The molecule has 2 rings (SSSR count). The van der Waals surface area contributed by atoms with Crippen LogP contribution in [-0.4, -0.2) is 18.1 Å². The van der Waals surface area contributed by atoms with Crippen LogP contribution in [0.1, 0.15) is 31.7 Å². The van der Waals surface area contributed by atoms with Crippen molar-refractivity contribution in [3.63, 3.8) is 0 Å². The molecule has 3 nitrogen and oxygen atoms in total. The number of halogens is 1. The van der Waals surface area contributed by atoms with Crippen LogP contribution in [0, 0.1) is 0 Å². The van der Waals surface area contributed by atoms with Gasteiger partial charge in [0, 0.05) is 5.02 Å². The summed E-state index contributed by atoms with van der Waals surface area (Å²) < 4.78 is 5.40. The maximum atomic E-state index is 12.1. The van der Waals surface area contributed by atoms with Crippen LogP contribution in [0.15, 0.2) is 24.3 Å². The molecule has 4 heteroatoms. The minimum Gasteiger partial charge on any atom is -0.459 e. The van der Waals surface area contributed by atoms with Crippen LogP contribution in [-0.2, 0) is 16.1 Å². The van der Waals surface area contributed by atoms with Crippen LogP contribution in [0.25, 0.3) is 0 Å². The molecule has 0 bridgehead atoms. The van der Waals surface area contributed by atoms with Crippen molar-refractivity contribution in [1.29, 1.82) is 0 Å². The first kappa shape index (κ1) is 13.4. The van der Waals surface area contributed by atoms with E-state index in [1.807, 2.05) is 19.1 Å². The SMILES string of the molecule is CCC1(C(=O)OCc2ccc(Cl)cc2)CCCN1. The Bertz CT molecular complexity index is 410. The summed E-state index contributed by atoms with van der Waals surface area (Å²) in [7, 11) is 0. The van der Waals surface area contributed by atoms with Gasteiger partial charge in [-0.25, -0.2) is 0 Å². The molecule has 1 aliphatic rings. The van der Waals surface area contributed by atoms with Gasteiger partial charge < -0.3 is 10.1 Å². The summed E-state index contributed by atoms with van der Waals surface area (Å²) in [6.45, 7) is 3.21. The lowest BCUT2D eigenvalue weighted by molar-refractivity contribution is -0.152. The van der Waals surface area contributed by atoms with E-state index in [2.05, 4.69) is 5.32 Å². The minimum absolute atomic E-state index is 0.141. The summed E-state index contributed by atoms with van der Waals surface area (Å²) in [6, 6.07) is 7.34. The van der Waals surface area contributed by atoms with Gasteiger partial charge in [0.1, 0.15) is 12.1 Å². The number of nitrogens with one attached hydrogen (secondary N) is 1. The Kier molecular flexibility index (Phi) is 4.25. The normalized spacial score (nSPS) is 23.0. The molecule has 1 fully saturated rings. The summed E-state index contributed by atoms with van der Waals surface area (Å²) in [5.41, 5.74) is 0.490. The Balaban J connectivity index is 1.93. The van der Waals surface area contributed by atoms with E-state index in [0.29, 0.717) is 11.6 Å². The molecular weight excluding hydrogens is 250 g/mol. The van der Waals surface area contributed by atoms with E-state index >= 15 is 0 Å². The van der Waals surface area contributed by atoms with Gasteiger partial charge in [0.25, 0.3) is 0 Å². The lowest BCUT2D eigenvalue weighted by Gasteiger charge is -2.25. The van der Waals surface area contributed by atoms with Gasteiger partial charge in [-0.05, 0) is 43.5 Å². The van der Waals surface area contributed by atoms with E-state index in [0.717, 1.165) is 31.4 Å². The fraction of sp³-hybridized carbons (Fsp3) is 0.500. The minimum atomic E-state index is -0.466. The van der Waals surface area contributed by atoms with Gasteiger partial charge in [0.15, 0.2) is 0 Å². The monoisotopic (exact) mass is 267 g/mol. The van der Waals surface area contributed by atoms with Gasteiger partial charge in [-0.1, -0.05) is 30.7 Å². The molecular formula is C14H18ClNO2. The second-order valence-electron chi connectivity index (χ2n) is 4.67. The zero-order valence-corrected chi connectivity index (χ0v) is 11.3. The first-order chi connectivity index (χ1) is 8.66. The topological polar surface area (TPSA) is 38.3 Å². The molecule has 0 aromatic heterocycles. The fourth-order valence-electron chi connectivity index (χ4n) is 2.29. The highest BCUT2D eigenvalue weighted by Gasteiger charge is 2.40. The molecule has 0 saturated carbocycles. The molecule has 1 N–H and O–H groups in total. The van der Waals surface area contributed by atoms with Crippen LogP contribution in [0.3, 0.4) is 0 Å². The standard InChI is InChI=1S/C14H18ClNO2/c1-2-14(8-3-9-16-14)13(17)18-10-11-4-6-12(15)7-5-11/h4-7,16H,2-3,8-10H2,1H3. The lowest BCUT2D eigenvalue weighted by atomic mass is 9.94. The fourth-order valence-corrected chi connectivity index (χ4v) is 2.42. The van der Waals surface area contributed by atoms with Crippen LogP contribution in [0.5, 0.6) is 0 Å². The van der Waals surface area contributed by atoms with Crippen molar-refractivity contribution in [3.8, 4) is 0 Å². The number of esters is 1. The number of ether oxygens (including phenoxy) is 1. The molecule has 0 radical (unpaired) electrons. The highest BCUT2D eigenvalue weighted by Crippen LogP contribution is 2.25. The molecule has 1 atom stereocenters. The molecule has 1 heterocycles. The van der Waals surface area contributed by atoms with Gasteiger partial charge >= 0.3 is 5.97 Å². The average Bonchev–Trinajstić information content (AvgIpc) is 2.88. The second kappa shape index (κ2) is 5.72. The molecule has 1 aromatic carbocycles. The van der Waals surface area contributed by atoms with Crippen molar-refractivity contribution in [1.82, 2.24) is 5.32 Å². The largest absolute Gasteiger partial charge is 0.459 e. The van der Waals surface area contributed by atoms with Crippen LogP contribution in [0.4, 0.5) is 0 Å². The highest BCUT2D eigenvalue weighted by molar-refractivity contribution is 6.30. The second-order valence-corrected chi connectivity index (χ2v) is 5.11. The van der Waals surface area contributed by atoms with Crippen LogP contribution < -0.4 is 5.32 Å². The summed E-state index contributed by atoms with van der Waals surface area (Å²) in [5.74, 6) is -0.141. The average molecular weight is 268 g/mol. The molecule has 0 spiro atoms.